The molecule has 2 rings (SSSR count). The summed E-state index contributed by atoms with van der Waals surface area (Å²) >= 11 is 7.60. The van der Waals surface area contributed by atoms with Gasteiger partial charge in [0, 0.05) is 30.3 Å². The number of Topliss-reactive ketones (excluding diaryl/α,β-unsaturated/α-hetero) is 1. The Kier molecular flexibility index (Phi) is 7.88. The van der Waals surface area contributed by atoms with Gasteiger partial charge in [-0.25, -0.2) is 0 Å². The molecule has 0 saturated carbocycles. The third-order valence-corrected chi connectivity index (χ3v) is 5.01. The van der Waals surface area contributed by atoms with Gasteiger partial charge in [-0.05, 0) is 30.5 Å². The van der Waals surface area contributed by atoms with Gasteiger partial charge in [-0.15, -0.1) is 11.8 Å². The van der Waals surface area contributed by atoms with Crippen molar-refractivity contribution in [1.82, 2.24) is 4.90 Å². The Labute approximate surface area is 168 Å². The van der Waals surface area contributed by atoms with Gasteiger partial charge in [-0.3, -0.25) is 14.4 Å². The molecule has 7 heteroatoms. The van der Waals surface area contributed by atoms with Gasteiger partial charge in [0.05, 0.1) is 17.3 Å². The van der Waals surface area contributed by atoms with E-state index in [0.717, 1.165) is 4.90 Å². The minimum absolute atomic E-state index is 0.0545. The van der Waals surface area contributed by atoms with E-state index in [1.54, 1.807) is 48.2 Å². The quantitative estimate of drug-likeness (QED) is 0.530. The van der Waals surface area contributed by atoms with Crippen LogP contribution >= 0.6 is 23.4 Å². The second-order valence-corrected chi connectivity index (χ2v) is 7.22. The summed E-state index contributed by atoms with van der Waals surface area (Å²) in [4.78, 5) is 38.8. The highest BCUT2D eigenvalue weighted by molar-refractivity contribution is 7.98. The molecule has 0 heterocycles. The van der Waals surface area contributed by atoms with E-state index in [-0.39, 0.29) is 37.0 Å². The molecule has 0 bridgehead atoms. The van der Waals surface area contributed by atoms with Gasteiger partial charge >= 0.3 is 0 Å². The molecule has 0 saturated heterocycles. The van der Waals surface area contributed by atoms with Crippen molar-refractivity contribution in [3.05, 3.63) is 59.1 Å². The average Bonchev–Trinajstić information content (AvgIpc) is 2.67. The van der Waals surface area contributed by atoms with Crippen LogP contribution in [0.1, 0.15) is 23.2 Å². The second kappa shape index (κ2) is 10.1. The Morgan fingerprint density at radius 3 is 2.33 bits per heavy atom. The fourth-order valence-corrected chi connectivity index (χ4v) is 2.98. The van der Waals surface area contributed by atoms with Crippen LogP contribution in [0.4, 0.5) is 5.69 Å². The van der Waals surface area contributed by atoms with Crippen molar-refractivity contribution in [3.63, 3.8) is 0 Å². The minimum atomic E-state index is -0.349. The standard InChI is InChI=1S/C20H21ClN2O3S/c1-23(13-19(25)22-17-6-4-3-5-16(17)21)20(26)12-11-18(24)14-7-9-15(27-2)10-8-14/h3-10H,11-13H2,1-2H3,(H,22,25). The lowest BCUT2D eigenvalue weighted by molar-refractivity contribution is -0.133. The van der Waals surface area contributed by atoms with Gasteiger partial charge in [0.2, 0.25) is 11.8 Å². The summed E-state index contributed by atoms with van der Waals surface area (Å²) < 4.78 is 0. The monoisotopic (exact) mass is 404 g/mol. The van der Waals surface area contributed by atoms with Crippen LogP contribution in [0.3, 0.4) is 0 Å². The number of likely N-dealkylation sites (N-methyl/N-ethyl adjacent to an activating group) is 1. The number of rotatable bonds is 8. The van der Waals surface area contributed by atoms with Gasteiger partial charge in [0.25, 0.3) is 0 Å². The molecule has 0 unspecified atom stereocenters. The smallest absolute Gasteiger partial charge is 0.244 e. The van der Waals surface area contributed by atoms with Crippen molar-refractivity contribution in [2.45, 2.75) is 17.7 Å². The van der Waals surface area contributed by atoms with Crippen LogP contribution in [0.15, 0.2) is 53.4 Å². The average molecular weight is 405 g/mol. The number of hydrogen-bond donors (Lipinski definition) is 1. The van der Waals surface area contributed by atoms with E-state index in [1.807, 2.05) is 18.4 Å². The zero-order valence-electron chi connectivity index (χ0n) is 15.2. The van der Waals surface area contributed by atoms with Crippen LogP contribution in [0.25, 0.3) is 0 Å². The number of ketones is 1. The van der Waals surface area contributed by atoms with Crippen LogP contribution in [-0.2, 0) is 9.59 Å². The van der Waals surface area contributed by atoms with Crippen LogP contribution in [0, 0.1) is 0 Å². The number of hydrogen-bond acceptors (Lipinski definition) is 4. The van der Waals surface area contributed by atoms with Crippen LogP contribution in [0.5, 0.6) is 0 Å². The van der Waals surface area contributed by atoms with Crippen LogP contribution in [-0.4, -0.2) is 42.3 Å². The molecule has 0 fully saturated rings. The summed E-state index contributed by atoms with van der Waals surface area (Å²) in [6.07, 6.45) is 2.13. The van der Waals surface area contributed by atoms with Gasteiger partial charge < -0.3 is 10.2 Å². The lowest BCUT2D eigenvalue weighted by Gasteiger charge is -2.17. The first kappa shape index (κ1) is 21.0. The van der Waals surface area contributed by atoms with Gasteiger partial charge in [-0.1, -0.05) is 35.9 Å². The molecule has 0 aliphatic heterocycles. The zero-order chi connectivity index (χ0) is 19.8. The highest BCUT2D eigenvalue weighted by atomic mass is 35.5. The maximum atomic E-state index is 12.2. The van der Waals surface area contributed by atoms with E-state index < -0.39 is 0 Å². The number of halogens is 1. The normalized spacial score (nSPS) is 10.3. The number of amides is 2. The molecule has 0 atom stereocenters. The summed E-state index contributed by atoms with van der Waals surface area (Å²) in [6, 6.07) is 14.2. The highest BCUT2D eigenvalue weighted by Gasteiger charge is 2.16. The van der Waals surface area contributed by atoms with Crippen molar-refractivity contribution in [2.24, 2.45) is 0 Å². The molecule has 0 spiro atoms. The van der Waals surface area contributed by atoms with Gasteiger partial charge in [-0.2, -0.15) is 0 Å². The Balaban J connectivity index is 1.81. The summed E-state index contributed by atoms with van der Waals surface area (Å²) in [6.45, 7) is -0.110. The second-order valence-electron chi connectivity index (χ2n) is 5.93. The van der Waals surface area contributed by atoms with E-state index in [9.17, 15) is 14.4 Å². The van der Waals surface area contributed by atoms with Crippen molar-refractivity contribution >= 4 is 46.6 Å². The Morgan fingerprint density at radius 1 is 1.04 bits per heavy atom. The topological polar surface area (TPSA) is 66.5 Å². The summed E-state index contributed by atoms with van der Waals surface area (Å²) in [7, 11) is 1.53. The first-order valence-electron chi connectivity index (χ1n) is 8.36. The van der Waals surface area contributed by atoms with Gasteiger partial charge in [0.15, 0.2) is 5.78 Å². The van der Waals surface area contributed by atoms with Crippen LogP contribution in [0.2, 0.25) is 5.02 Å². The van der Waals surface area contributed by atoms with Crippen molar-refractivity contribution in [3.8, 4) is 0 Å². The number of carbonyl (C=O) groups excluding carboxylic acids is 3. The molecule has 2 aromatic rings. The molecular formula is C20H21ClN2O3S. The summed E-state index contributed by atoms with van der Waals surface area (Å²) in [5.74, 6) is -0.707. The first-order valence-corrected chi connectivity index (χ1v) is 9.96. The predicted octanol–water partition coefficient (Wildman–Crippen LogP) is 4.12. The van der Waals surface area contributed by atoms with E-state index in [2.05, 4.69) is 5.32 Å². The molecule has 1 N–H and O–H groups in total. The molecular weight excluding hydrogens is 384 g/mol. The number of nitrogens with one attached hydrogen (secondary N) is 1. The third kappa shape index (κ3) is 6.41. The molecule has 2 amide bonds. The van der Waals surface area contributed by atoms with Gasteiger partial charge in [0.1, 0.15) is 0 Å². The Hall–Kier alpha value is -2.31. The SMILES string of the molecule is CSc1ccc(C(=O)CCC(=O)N(C)CC(=O)Nc2ccccc2Cl)cc1. The Morgan fingerprint density at radius 2 is 1.70 bits per heavy atom. The molecule has 5 nitrogen and oxygen atoms in total. The summed E-state index contributed by atoms with van der Waals surface area (Å²) in [5, 5.41) is 3.09. The molecule has 0 radical (unpaired) electrons. The molecule has 0 aliphatic rings. The number of thioether (sulfide) groups is 1. The molecule has 27 heavy (non-hydrogen) atoms. The van der Waals surface area contributed by atoms with E-state index in [4.69, 9.17) is 11.6 Å². The van der Waals surface area contributed by atoms with Crippen LogP contribution < -0.4 is 5.32 Å². The fraction of sp³-hybridized carbons (Fsp3) is 0.250. The van der Waals surface area contributed by atoms with E-state index in [1.165, 1.54) is 11.9 Å². The number of carbonyl (C=O) groups is 3. The van der Waals surface area contributed by atoms with Crippen molar-refractivity contribution in [1.29, 1.82) is 0 Å². The maximum absolute atomic E-state index is 12.2. The van der Waals surface area contributed by atoms with Crippen molar-refractivity contribution < 1.29 is 14.4 Å². The largest absolute Gasteiger partial charge is 0.336 e. The molecule has 142 valence electrons. The molecule has 2 aromatic carbocycles. The molecule has 0 aliphatic carbocycles. The number of anilines is 1. The van der Waals surface area contributed by atoms with E-state index >= 15 is 0 Å². The predicted molar refractivity (Wildman–Crippen MR) is 110 cm³/mol. The van der Waals surface area contributed by atoms with Crippen molar-refractivity contribution in [2.75, 3.05) is 25.2 Å². The highest BCUT2D eigenvalue weighted by Crippen LogP contribution is 2.20. The first-order chi connectivity index (χ1) is 12.9. The summed E-state index contributed by atoms with van der Waals surface area (Å²) in [5.41, 5.74) is 1.08. The lowest BCUT2D eigenvalue weighted by atomic mass is 10.1. The number of benzene rings is 2. The lowest BCUT2D eigenvalue weighted by Crippen LogP contribution is -2.35. The Bertz CT molecular complexity index is 824. The number of nitrogens with zero attached hydrogens (tertiary/aromatic N) is 1. The maximum Gasteiger partial charge on any atom is 0.244 e. The number of para-hydroxylation sites is 1. The molecule has 0 aromatic heterocycles. The third-order valence-electron chi connectivity index (χ3n) is 3.93. The minimum Gasteiger partial charge on any atom is -0.336 e. The zero-order valence-corrected chi connectivity index (χ0v) is 16.8. The van der Waals surface area contributed by atoms with E-state index in [0.29, 0.717) is 16.3 Å². The fourth-order valence-electron chi connectivity index (χ4n) is 2.39.